The molecular weight excluding hydrogens is 932 g/mol. The number of hydrogen-bond donors (Lipinski definition) is 2. The Morgan fingerprint density at radius 1 is 0.971 bits per heavy atom. The van der Waals surface area contributed by atoms with Gasteiger partial charge in [0.05, 0.1) is 40.0 Å². The Kier molecular flexibility index (Phi) is 13.3. The quantitative estimate of drug-likeness (QED) is 0.0908. The fourth-order valence-corrected chi connectivity index (χ4v) is 11.7. The van der Waals surface area contributed by atoms with Gasteiger partial charge in [0.2, 0.25) is 10.0 Å². The molecule has 1 aliphatic carbocycles. The maximum absolute atomic E-state index is 14.1. The minimum atomic E-state index is -4.68. The highest BCUT2D eigenvalue weighted by atomic mass is 35.5. The van der Waals surface area contributed by atoms with Crippen LogP contribution in [-0.4, -0.2) is 130 Å². The number of hydrogen-bond acceptors (Lipinski definition) is 13. The van der Waals surface area contributed by atoms with Crippen LogP contribution in [0.4, 0.5) is 11.4 Å². The van der Waals surface area contributed by atoms with Crippen LogP contribution in [0.15, 0.2) is 89.6 Å². The van der Waals surface area contributed by atoms with Crippen LogP contribution in [0.1, 0.15) is 54.6 Å². The van der Waals surface area contributed by atoms with Crippen molar-refractivity contribution in [2.24, 2.45) is 11.3 Å². The lowest BCUT2D eigenvalue weighted by Crippen LogP contribution is -2.50. The van der Waals surface area contributed by atoms with E-state index < -0.39 is 41.5 Å². The molecule has 1 atom stereocenters. The van der Waals surface area contributed by atoms with E-state index in [9.17, 15) is 31.7 Å². The van der Waals surface area contributed by atoms with Crippen molar-refractivity contribution in [2.75, 3.05) is 83.2 Å². The minimum absolute atomic E-state index is 0.0488. The monoisotopic (exact) mass is 986 g/mol. The Morgan fingerprint density at radius 3 is 2.43 bits per heavy atom. The van der Waals surface area contributed by atoms with Gasteiger partial charge in [0.25, 0.3) is 21.6 Å². The number of nitro benzene ring substituents is 1. The van der Waals surface area contributed by atoms with Crippen molar-refractivity contribution in [1.29, 1.82) is 0 Å². The van der Waals surface area contributed by atoms with E-state index >= 15 is 0 Å². The van der Waals surface area contributed by atoms with Crippen LogP contribution in [0.5, 0.6) is 17.2 Å². The molecule has 2 fully saturated rings. The summed E-state index contributed by atoms with van der Waals surface area (Å²) in [5, 5.41) is 13.9. The molecule has 0 bridgehead atoms. The Balaban J connectivity index is 0.919. The SMILES string of the molecule is CC1(C)CCC(CN2CCN(c3ccc(C(=O)NS(=O)(=O)c4cc5c(c([N+](=O)[O-])c4)C[C@@H](CN4CCN(S(C)(=O)=O)CC4)CO5)c(Oc4cnc5[nH]ccc5c4)c3)CC2)=C(c2ccc(Cl)cc2)C1. The van der Waals surface area contributed by atoms with Gasteiger partial charge in [-0.3, -0.25) is 19.8 Å². The molecule has 17 nitrogen and oxygen atoms in total. The number of nitro groups is 1. The largest absolute Gasteiger partial charge is 0.493 e. The lowest BCUT2D eigenvalue weighted by molar-refractivity contribution is -0.386. The lowest BCUT2D eigenvalue weighted by Gasteiger charge is -2.39. The van der Waals surface area contributed by atoms with Crippen LogP contribution in [-0.2, 0) is 26.5 Å². The molecule has 5 aromatic rings. The second kappa shape index (κ2) is 19.1. The molecular formula is C48H55ClN8O9S2. The summed E-state index contributed by atoms with van der Waals surface area (Å²) in [6.07, 6.45) is 7.84. The van der Waals surface area contributed by atoms with Gasteiger partial charge in [-0.1, -0.05) is 43.2 Å². The van der Waals surface area contributed by atoms with Crippen molar-refractivity contribution >= 4 is 65.5 Å². The van der Waals surface area contributed by atoms with Crippen LogP contribution in [0.2, 0.25) is 5.02 Å². The number of H-pyrrole nitrogens is 1. The number of benzene rings is 3. The van der Waals surface area contributed by atoms with Crippen LogP contribution in [0.3, 0.4) is 0 Å². The molecule has 0 spiro atoms. The number of piperazine rings is 2. The number of fused-ring (bicyclic) bond motifs is 2. The maximum atomic E-state index is 14.1. The van der Waals surface area contributed by atoms with E-state index in [1.807, 2.05) is 18.2 Å². The summed E-state index contributed by atoms with van der Waals surface area (Å²) in [5.74, 6) is -0.682. The molecule has 0 saturated carbocycles. The van der Waals surface area contributed by atoms with E-state index in [0.717, 1.165) is 61.1 Å². The van der Waals surface area contributed by atoms with Gasteiger partial charge in [0, 0.05) is 112 Å². The predicted octanol–water partition coefficient (Wildman–Crippen LogP) is 6.95. The number of aromatic nitrogens is 2. The molecule has 360 valence electrons. The average molecular weight is 988 g/mol. The first-order valence-corrected chi connectivity index (χ1v) is 26.5. The van der Waals surface area contributed by atoms with Gasteiger partial charge in [0.15, 0.2) is 0 Å². The number of amides is 1. The van der Waals surface area contributed by atoms with Crippen molar-refractivity contribution < 1.29 is 36.0 Å². The number of carbonyl (C=O) groups is 1. The second-order valence-corrected chi connectivity index (χ2v) is 23.1. The fraction of sp³-hybridized carbons (Fsp3) is 0.417. The molecule has 0 unspecified atom stereocenters. The van der Waals surface area contributed by atoms with Gasteiger partial charge in [-0.15, -0.1) is 0 Å². The fourth-order valence-electron chi connectivity index (χ4n) is 9.76. The number of sulfonamides is 2. The van der Waals surface area contributed by atoms with E-state index in [0.29, 0.717) is 57.2 Å². The van der Waals surface area contributed by atoms with Crippen molar-refractivity contribution in [1.82, 2.24) is 28.8 Å². The summed E-state index contributed by atoms with van der Waals surface area (Å²) in [6, 6.07) is 18.9. The predicted molar refractivity (Wildman–Crippen MR) is 261 cm³/mol. The highest BCUT2D eigenvalue weighted by Crippen LogP contribution is 2.44. The minimum Gasteiger partial charge on any atom is -0.493 e. The van der Waals surface area contributed by atoms with Gasteiger partial charge < -0.3 is 24.3 Å². The van der Waals surface area contributed by atoms with Gasteiger partial charge in [-0.2, -0.15) is 4.31 Å². The third-order valence-electron chi connectivity index (χ3n) is 13.5. The zero-order chi connectivity index (χ0) is 48.0. The summed E-state index contributed by atoms with van der Waals surface area (Å²) in [5.41, 5.74) is 5.45. The highest BCUT2D eigenvalue weighted by Gasteiger charge is 2.35. The molecule has 4 aliphatic rings. The van der Waals surface area contributed by atoms with Crippen LogP contribution in [0.25, 0.3) is 16.6 Å². The summed E-state index contributed by atoms with van der Waals surface area (Å²) in [4.78, 5) is 39.6. The number of carbonyl (C=O) groups excluding carboxylic acids is 1. The highest BCUT2D eigenvalue weighted by molar-refractivity contribution is 7.90. The third-order valence-corrected chi connectivity index (χ3v) is 16.4. The summed E-state index contributed by atoms with van der Waals surface area (Å²) >= 11 is 6.25. The molecule has 20 heteroatoms. The number of anilines is 1. The lowest BCUT2D eigenvalue weighted by atomic mass is 9.72. The van der Waals surface area contributed by atoms with E-state index in [-0.39, 0.29) is 47.0 Å². The van der Waals surface area contributed by atoms with Crippen molar-refractivity contribution in [3.8, 4) is 17.2 Å². The second-order valence-electron chi connectivity index (χ2n) is 19.0. The number of allylic oxidation sites excluding steroid dienone is 1. The summed E-state index contributed by atoms with van der Waals surface area (Å²) < 4.78 is 67.8. The molecule has 0 radical (unpaired) electrons. The van der Waals surface area contributed by atoms with E-state index in [1.165, 1.54) is 45.6 Å². The Labute approximate surface area is 401 Å². The normalized spacial score (nSPS) is 19.6. The van der Waals surface area contributed by atoms with Crippen LogP contribution >= 0.6 is 11.6 Å². The number of nitrogens with one attached hydrogen (secondary N) is 2. The molecule has 9 rings (SSSR count). The number of halogens is 1. The average Bonchev–Trinajstić information content (AvgIpc) is 3.77. The van der Waals surface area contributed by atoms with Crippen molar-refractivity contribution in [2.45, 2.75) is 44.4 Å². The van der Waals surface area contributed by atoms with Crippen LogP contribution < -0.4 is 19.1 Å². The zero-order valence-corrected chi connectivity index (χ0v) is 40.6. The maximum Gasteiger partial charge on any atom is 0.277 e. The summed E-state index contributed by atoms with van der Waals surface area (Å²) in [6.45, 7) is 10.9. The van der Waals surface area contributed by atoms with Gasteiger partial charge in [-0.25, -0.2) is 26.5 Å². The first-order valence-electron chi connectivity index (χ1n) is 22.8. The molecule has 68 heavy (non-hydrogen) atoms. The Hall–Kier alpha value is -5.57. The smallest absolute Gasteiger partial charge is 0.277 e. The number of nitrogens with zero attached hydrogens (tertiary/aromatic N) is 6. The van der Waals surface area contributed by atoms with E-state index in [2.05, 4.69) is 55.4 Å². The van der Waals surface area contributed by atoms with E-state index in [1.54, 1.807) is 24.4 Å². The number of pyridine rings is 1. The first-order chi connectivity index (χ1) is 32.4. The topological polar surface area (TPSA) is 201 Å². The molecule has 5 heterocycles. The van der Waals surface area contributed by atoms with E-state index in [4.69, 9.17) is 21.1 Å². The Morgan fingerprint density at radius 2 is 1.71 bits per heavy atom. The Bertz CT molecular complexity index is 3000. The van der Waals surface area contributed by atoms with Gasteiger partial charge >= 0.3 is 0 Å². The summed E-state index contributed by atoms with van der Waals surface area (Å²) in [7, 11) is -7.99. The molecule has 1 amide bonds. The van der Waals surface area contributed by atoms with Crippen LogP contribution in [0, 0.1) is 21.4 Å². The number of aromatic amines is 1. The van der Waals surface area contributed by atoms with Gasteiger partial charge in [0.1, 0.15) is 22.9 Å². The van der Waals surface area contributed by atoms with Crippen molar-refractivity contribution in [3.05, 3.63) is 117 Å². The van der Waals surface area contributed by atoms with Crippen molar-refractivity contribution in [3.63, 3.8) is 0 Å². The molecule has 2 aromatic heterocycles. The number of ether oxygens (including phenoxy) is 2. The standard InChI is InChI=1S/C48H55ClN8O9S2/c1-48(2)12-10-35(42(27-48)33-4-6-36(49)7-5-33)30-54-14-18-55(19-15-54)37-8-9-40(45(24-37)66-38-23-34-11-13-50-46(34)51-28-38)47(58)52-68(63,64)39-25-43(57(59)60)41-22-32(31-65-44(41)26-39)29-53-16-20-56(21-17-53)67(3,61)62/h4-9,11,13,23-26,28,32H,10,12,14-22,27,29-31H2,1-3H3,(H,50,51)(H,52,58)/t32-/m0/s1. The van der Waals surface area contributed by atoms with Gasteiger partial charge in [-0.05, 0) is 78.6 Å². The molecule has 3 aromatic carbocycles. The third kappa shape index (κ3) is 10.7. The molecule has 2 N–H and O–H groups in total. The molecule has 2 saturated heterocycles. The first kappa shape index (κ1) is 47.5. The number of rotatable bonds is 13. The molecule has 3 aliphatic heterocycles. The zero-order valence-electron chi connectivity index (χ0n) is 38.2.